The van der Waals surface area contributed by atoms with Crippen LogP contribution in [-0.4, -0.2) is 11.8 Å². The second kappa shape index (κ2) is 8.76. The molecule has 27 heavy (non-hydrogen) atoms. The Labute approximate surface area is 157 Å². The Kier molecular flexibility index (Phi) is 5.94. The number of carbonyl (C=O) groups is 2. The molecule has 3 aromatic rings. The van der Waals surface area contributed by atoms with Gasteiger partial charge in [0.2, 0.25) is 5.91 Å². The van der Waals surface area contributed by atoms with Crippen LogP contribution >= 0.6 is 0 Å². The van der Waals surface area contributed by atoms with Crippen molar-refractivity contribution in [1.29, 1.82) is 0 Å². The molecule has 2 amide bonds. The molecule has 0 fully saturated rings. The van der Waals surface area contributed by atoms with Gasteiger partial charge < -0.3 is 10.6 Å². The summed E-state index contributed by atoms with van der Waals surface area (Å²) in [5, 5.41) is 5.57. The van der Waals surface area contributed by atoms with Crippen LogP contribution in [-0.2, 0) is 4.79 Å². The maximum atomic E-state index is 13.3. The summed E-state index contributed by atoms with van der Waals surface area (Å²) in [6.07, 6.45) is 0.0269. The molecule has 2 N–H and O–H groups in total. The van der Waals surface area contributed by atoms with Crippen molar-refractivity contribution in [3.8, 4) is 0 Å². The monoisotopic (exact) mass is 362 g/mol. The highest BCUT2D eigenvalue weighted by Gasteiger charge is 2.19. The number of nitrogens with one attached hydrogen (secondary N) is 2. The van der Waals surface area contributed by atoms with Crippen LogP contribution in [0.15, 0.2) is 84.9 Å². The number of amides is 2. The molecule has 0 saturated carbocycles. The highest BCUT2D eigenvalue weighted by atomic mass is 19.1. The van der Waals surface area contributed by atoms with Crippen LogP contribution in [0.25, 0.3) is 0 Å². The van der Waals surface area contributed by atoms with E-state index < -0.39 is 11.9 Å². The third-order valence-corrected chi connectivity index (χ3v) is 4.04. The summed E-state index contributed by atoms with van der Waals surface area (Å²) in [6.45, 7) is 0. The topological polar surface area (TPSA) is 58.2 Å². The van der Waals surface area contributed by atoms with Crippen molar-refractivity contribution >= 4 is 17.5 Å². The van der Waals surface area contributed by atoms with Gasteiger partial charge in [-0.2, -0.15) is 0 Å². The average molecular weight is 362 g/mol. The van der Waals surface area contributed by atoms with Gasteiger partial charge in [0.15, 0.2) is 0 Å². The quantitative estimate of drug-likeness (QED) is 0.686. The minimum atomic E-state index is -0.507. The van der Waals surface area contributed by atoms with Gasteiger partial charge in [-0.3, -0.25) is 9.59 Å². The summed E-state index contributed by atoms with van der Waals surface area (Å²) in [7, 11) is 0. The Morgan fingerprint density at radius 1 is 0.852 bits per heavy atom. The molecular weight excluding hydrogens is 343 g/mol. The Hall–Kier alpha value is -3.47. The summed E-state index contributed by atoms with van der Waals surface area (Å²) in [4.78, 5) is 25.0. The number of halogens is 1. The molecule has 0 aliphatic heterocycles. The lowest BCUT2D eigenvalue weighted by Crippen LogP contribution is -2.31. The van der Waals surface area contributed by atoms with Gasteiger partial charge in [0.1, 0.15) is 5.82 Å². The molecule has 0 heterocycles. The van der Waals surface area contributed by atoms with Gasteiger partial charge in [-0.05, 0) is 35.9 Å². The summed E-state index contributed by atoms with van der Waals surface area (Å²) < 4.78 is 13.3. The van der Waals surface area contributed by atoms with Crippen LogP contribution in [0.5, 0.6) is 0 Å². The van der Waals surface area contributed by atoms with E-state index in [1.54, 1.807) is 30.3 Å². The summed E-state index contributed by atoms with van der Waals surface area (Å²) in [5.41, 5.74) is 1.71. The lowest BCUT2D eigenvalue weighted by molar-refractivity contribution is -0.116. The average Bonchev–Trinajstić information content (AvgIpc) is 2.69. The van der Waals surface area contributed by atoms with Gasteiger partial charge in [0.25, 0.3) is 5.91 Å². The molecule has 0 radical (unpaired) electrons. The SMILES string of the molecule is O=C(CC(NC(=O)c1ccccc1)c1ccccc1)Nc1cccc(F)c1. The lowest BCUT2D eigenvalue weighted by Gasteiger charge is -2.19. The number of hydrogen-bond acceptors (Lipinski definition) is 2. The summed E-state index contributed by atoms with van der Waals surface area (Å²) in [5.74, 6) is -1.00. The van der Waals surface area contributed by atoms with Crippen LogP contribution in [0.1, 0.15) is 28.4 Å². The molecule has 0 bridgehead atoms. The van der Waals surface area contributed by atoms with E-state index in [0.717, 1.165) is 5.56 Å². The number of hydrogen-bond donors (Lipinski definition) is 2. The largest absolute Gasteiger partial charge is 0.345 e. The molecule has 1 unspecified atom stereocenters. The molecule has 5 heteroatoms. The minimum Gasteiger partial charge on any atom is -0.345 e. The van der Waals surface area contributed by atoms with Crippen molar-refractivity contribution in [2.75, 3.05) is 5.32 Å². The molecule has 1 atom stereocenters. The molecule has 0 aromatic heterocycles. The minimum absolute atomic E-state index is 0.0269. The van der Waals surface area contributed by atoms with Gasteiger partial charge in [0, 0.05) is 11.3 Å². The molecule has 0 saturated heterocycles. The number of carbonyl (C=O) groups excluding carboxylic acids is 2. The van der Waals surface area contributed by atoms with Crippen LogP contribution in [0, 0.1) is 5.82 Å². The normalized spacial score (nSPS) is 11.4. The fourth-order valence-corrected chi connectivity index (χ4v) is 2.73. The number of anilines is 1. The Morgan fingerprint density at radius 2 is 1.52 bits per heavy atom. The van der Waals surface area contributed by atoms with Crippen molar-refractivity contribution in [2.45, 2.75) is 12.5 Å². The van der Waals surface area contributed by atoms with E-state index in [-0.39, 0.29) is 18.2 Å². The van der Waals surface area contributed by atoms with E-state index >= 15 is 0 Å². The maximum Gasteiger partial charge on any atom is 0.251 e. The second-order valence-corrected chi connectivity index (χ2v) is 6.07. The van der Waals surface area contributed by atoms with Gasteiger partial charge in [-0.25, -0.2) is 4.39 Å². The Morgan fingerprint density at radius 3 is 2.19 bits per heavy atom. The van der Waals surface area contributed by atoms with Crippen LogP contribution < -0.4 is 10.6 Å². The van der Waals surface area contributed by atoms with Crippen molar-refractivity contribution in [3.05, 3.63) is 102 Å². The van der Waals surface area contributed by atoms with Gasteiger partial charge >= 0.3 is 0 Å². The fourth-order valence-electron chi connectivity index (χ4n) is 2.73. The molecule has 0 spiro atoms. The van der Waals surface area contributed by atoms with E-state index in [1.165, 1.54) is 18.2 Å². The molecule has 3 rings (SSSR count). The fraction of sp³-hybridized carbons (Fsp3) is 0.0909. The third kappa shape index (κ3) is 5.25. The molecule has 136 valence electrons. The molecular formula is C22H19FN2O2. The first kappa shape index (κ1) is 18.3. The maximum absolute atomic E-state index is 13.3. The van der Waals surface area contributed by atoms with Crippen molar-refractivity contribution in [2.24, 2.45) is 0 Å². The van der Waals surface area contributed by atoms with E-state index in [0.29, 0.717) is 11.3 Å². The smallest absolute Gasteiger partial charge is 0.251 e. The van der Waals surface area contributed by atoms with E-state index in [4.69, 9.17) is 0 Å². The molecule has 0 aliphatic carbocycles. The van der Waals surface area contributed by atoms with Crippen LogP contribution in [0.3, 0.4) is 0 Å². The van der Waals surface area contributed by atoms with Crippen molar-refractivity contribution in [1.82, 2.24) is 5.32 Å². The van der Waals surface area contributed by atoms with Crippen LogP contribution in [0.4, 0.5) is 10.1 Å². The molecule has 0 aliphatic rings. The zero-order valence-corrected chi connectivity index (χ0v) is 14.6. The lowest BCUT2D eigenvalue weighted by atomic mass is 10.0. The zero-order valence-electron chi connectivity index (χ0n) is 14.6. The predicted molar refractivity (Wildman–Crippen MR) is 103 cm³/mol. The first-order valence-electron chi connectivity index (χ1n) is 8.58. The number of rotatable bonds is 6. The van der Waals surface area contributed by atoms with Gasteiger partial charge in [0.05, 0.1) is 12.5 Å². The first-order chi connectivity index (χ1) is 13.1. The third-order valence-electron chi connectivity index (χ3n) is 4.04. The zero-order chi connectivity index (χ0) is 19.1. The Balaban J connectivity index is 1.74. The summed E-state index contributed by atoms with van der Waals surface area (Å²) in [6, 6.07) is 23.3. The standard InChI is InChI=1S/C22H19FN2O2/c23-18-12-7-13-19(14-18)24-21(26)15-20(16-8-3-1-4-9-16)25-22(27)17-10-5-2-6-11-17/h1-14,20H,15H2,(H,24,26)(H,25,27). The first-order valence-corrected chi connectivity index (χ1v) is 8.58. The highest BCUT2D eigenvalue weighted by molar-refractivity contribution is 5.95. The summed E-state index contributed by atoms with van der Waals surface area (Å²) >= 11 is 0. The van der Waals surface area contributed by atoms with Crippen molar-refractivity contribution in [3.63, 3.8) is 0 Å². The highest BCUT2D eigenvalue weighted by Crippen LogP contribution is 2.19. The van der Waals surface area contributed by atoms with Crippen LogP contribution in [0.2, 0.25) is 0 Å². The van der Waals surface area contributed by atoms with E-state index in [2.05, 4.69) is 10.6 Å². The van der Waals surface area contributed by atoms with Gasteiger partial charge in [-0.15, -0.1) is 0 Å². The van der Waals surface area contributed by atoms with E-state index in [1.807, 2.05) is 36.4 Å². The van der Waals surface area contributed by atoms with Gasteiger partial charge in [-0.1, -0.05) is 54.6 Å². The molecule has 4 nitrogen and oxygen atoms in total. The Bertz CT molecular complexity index is 914. The molecule has 3 aromatic carbocycles. The second-order valence-electron chi connectivity index (χ2n) is 6.07. The number of benzene rings is 3. The van der Waals surface area contributed by atoms with E-state index in [9.17, 15) is 14.0 Å². The van der Waals surface area contributed by atoms with Crippen molar-refractivity contribution < 1.29 is 14.0 Å². The predicted octanol–water partition coefficient (Wildman–Crippen LogP) is 4.33.